The van der Waals surface area contributed by atoms with Crippen molar-refractivity contribution >= 4 is 28.5 Å². The molecule has 0 amide bonds. The highest BCUT2D eigenvalue weighted by atomic mass is 16.5. The molecule has 0 spiro atoms. The number of rotatable bonds is 3. The molecule has 1 saturated heterocycles. The van der Waals surface area contributed by atoms with Gasteiger partial charge in [-0.25, -0.2) is 0 Å². The molecule has 1 aromatic carbocycles. The molecule has 0 aliphatic carbocycles. The van der Waals surface area contributed by atoms with Crippen LogP contribution in [0.3, 0.4) is 0 Å². The number of nitrogens with zero attached hydrogens (tertiary/aromatic N) is 5. The monoisotopic (exact) mass is 366 g/mol. The molecule has 4 rings (SSSR count). The Hall–Kier alpha value is -2.67. The molecule has 7 heteroatoms. The zero-order chi connectivity index (χ0) is 19.1. The Balaban J connectivity index is 1.76. The van der Waals surface area contributed by atoms with Gasteiger partial charge in [0.25, 0.3) is 0 Å². The zero-order valence-electron chi connectivity index (χ0n) is 16.5. The van der Waals surface area contributed by atoms with Crippen molar-refractivity contribution in [3.63, 3.8) is 0 Å². The maximum absolute atomic E-state index is 5.85. The van der Waals surface area contributed by atoms with Crippen LogP contribution in [-0.2, 0) is 11.8 Å². The van der Waals surface area contributed by atoms with E-state index in [1.165, 1.54) is 11.1 Å². The highest BCUT2D eigenvalue weighted by Crippen LogP contribution is 2.28. The van der Waals surface area contributed by atoms with E-state index in [4.69, 9.17) is 14.7 Å². The topological polar surface area (TPSA) is 68.1 Å². The SMILES string of the molecule is Cc1ccc(Nc2nc(N3C[C@H](C)O[C@@H](C)C3)nc3c2cnn3C)cc1C. The first-order valence-electron chi connectivity index (χ1n) is 9.35. The third-order valence-corrected chi connectivity index (χ3v) is 5.05. The Morgan fingerprint density at radius 3 is 2.52 bits per heavy atom. The van der Waals surface area contributed by atoms with Crippen molar-refractivity contribution in [1.29, 1.82) is 0 Å². The number of aromatic nitrogens is 4. The predicted molar refractivity (Wildman–Crippen MR) is 108 cm³/mol. The van der Waals surface area contributed by atoms with Gasteiger partial charge < -0.3 is 15.0 Å². The Kier molecular flexibility index (Phi) is 4.47. The average Bonchev–Trinajstić information content (AvgIpc) is 2.99. The van der Waals surface area contributed by atoms with Crippen molar-refractivity contribution in [3.05, 3.63) is 35.5 Å². The molecule has 1 aliphatic rings. The molecular weight excluding hydrogens is 340 g/mol. The summed E-state index contributed by atoms with van der Waals surface area (Å²) in [4.78, 5) is 11.8. The standard InChI is InChI=1S/C20H26N6O/c1-12-6-7-16(8-13(12)2)22-18-17-9-21-25(5)19(17)24-20(23-18)26-10-14(3)27-15(4)11-26/h6-9,14-15H,10-11H2,1-5H3,(H,22,23,24)/t14-,15-/m0/s1. The van der Waals surface area contributed by atoms with Crippen molar-refractivity contribution in [1.82, 2.24) is 19.7 Å². The van der Waals surface area contributed by atoms with Crippen LogP contribution in [0.1, 0.15) is 25.0 Å². The van der Waals surface area contributed by atoms with E-state index >= 15 is 0 Å². The summed E-state index contributed by atoms with van der Waals surface area (Å²) < 4.78 is 7.64. The van der Waals surface area contributed by atoms with Gasteiger partial charge in [0, 0.05) is 25.8 Å². The van der Waals surface area contributed by atoms with Crippen LogP contribution < -0.4 is 10.2 Å². The number of aryl methyl sites for hydroxylation is 3. The fourth-order valence-corrected chi connectivity index (χ4v) is 3.54. The van der Waals surface area contributed by atoms with Crippen LogP contribution >= 0.6 is 0 Å². The molecule has 7 nitrogen and oxygen atoms in total. The molecule has 27 heavy (non-hydrogen) atoms. The summed E-state index contributed by atoms with van der Waals surface area (Å²) in [6, 6.07) is 6.33. The number of nitrogens with one attached hydrogen (secondary N) is 1. The van der Waals surface area contributed by atoms with Crippen molar-refractivity contribution in [3.8, 4) is 0 Å². The van der Waals surface area contributed by atoms with E-state index < -0.39 is 0 Å². The molecule has 1 aliphatic heterocycles. The van der Waals surface area contributed by atoms with Crippen LogP contribution in [0.5, 0.6) is 0 Å². The highest BCUT2D eigenvalue weighted by molar-refractivity contribution is 5.89. The molecule has 3 aromatic rings. The molecule has 2 atom stereocenters. The Bertz CT molecular complexity index is 972. The summed E-state index contributed by atoms with van der Waals surface area (Å²) in [6.45, 7) is 9.94. The van der Waals surface area contributed by atoms with Crippen LogP contribution in [-0.4, -0.2) is 45.0 Å². The molecule has 0 saturated carbocycles. The summed E-state index contributed by atoms with van der Waals surface area (Å²) in [5, 5.41) is 8.76. The van der Waals surface area contributed by atoms with Gasteiger partial charge in [-0.1, -0.05) is 6.07 Å². The molecule has 3 heterocycles. The van der Waals surface area contributed by atoms with E-state index in [9.17, 15) is 0 Å². The fourth-order valence-electron chi connectivity index (χ4n) is 3.54. The quantitative estimate of drug-likeness (QED) is 0.767. The van der Waals surface area contributed by atoms with Crippen LogP contribution in [0.4, 0.5) is 17.5 Å². The minimum absolute atomic E-state index is 0.149. The number of fused-ring (bicyclic) bond motifs is 1. The second-order valence-electron chi connectivity index (χ2n) is 7.46. The van der Waals surface area contributed by atoms with E-state index in [1.54, 1.807) is 4.68 Å². The largest absolute Gasteiger partial charge is 0.372 e. The number of hydrogen-bond acceptors (Lipinski definition) is 6. The van der Waals surface area contributed by atoms with Crippen molar-refractivity contribution in [2.75, 3.05) is 23.3 Å². The number of benzene rings is 1. The summed E-state index contributed by atoms with van der Waals surface area (Å²) in [5.74, 6) is 1.48. The van der Waals surface area contributed by atoms with Gasteiger partial charge in [-0.2, -0.15) is 15.1 Å². The summed E-state index contributed by atoms with van der Waals surface area (Å²) in [5.41, 5.74) is 4.34. The summed E-state index contributed by atoms with van der Waals surface area (Å²) in [7, 11) is 1.91. The smallest absolute Gasteiger partial charge is 0.229 e. The second kappa shape index (κ2) is 6.81. The van der Waals surface area contributed by atoms with E-state index in [0.717, 1.165) is 35.6 Å². The maximum atomic E-state index is 5.85. The molecule has 0 radical (unpaired) electrons. The predicted octanol–water partition coefficient (Wildman–Crippen LogP) is 3.34. The number of ether oxygens (including phenoxy) is 1. The molecule has 142 valence electrons. The molecule has 1 fully saturated rings. The lowest BCUT2D eigenvalue weighted by molar-refractivity contribution is -0.00569. The lowest BCUT2D eigenvalue weighted by Gasteiger charge is -2.35. The van der Waals surface area contributed by atoms with Gasteiger partial charge >= 0.3 is 0 Å². The van der Waals surface area contributed by atoms with Crippen molar-refractivity contribution < 1.29 is 4.74 Å². The lowest BCUT2D eigenvalue weighted by Crippen LogP contribution is -2.46. The Labute approximate surface area is 159 Å². The third-order valence-electron chi connectivity index (χ3n) is 5.05. The lowest BCUT2D eigenvalue weighted by atomic mass is 10.1. The van der Waals surface area contributed by atoms with Crippen LogP contribution in [0.2, 0.25) is 0 Å². The zero-order valence-corrected chi connectivity index (χ0v) is 16.5. The first-order valence-corrected chi connectivity index (χ1v) is 9.35. The highest BCUT2D eigenvalue weighted by Gasteiger charge is 2.25. The van der Waals surface area contributed by atoms with Crippen LogP contribution in [0.15, 0.2) is 24.4 Å². The minimum atomic E-state index is 0.149. The first-order chi connectivity index (χ1) is 12.9. The van der Waals surface area contributed by atoms with Gasteiger partial charge in [0.1, 0.15) is 5.82 Å². The van der Waals surface area contributed by atoms with Gasteiger partial charge in [0.05, 0.1) is 23.8 Å². The van der Waals surface area contributed by atoms with Crippen LogP contribution in [0.25, 0.3) is 11.0 Å². The van der Waals surface area contributed by atoms with Gasteiger partial charge in [-0.15, -0.1) is 0 Å². The normalized spacial score (nSPS) is 20.3. The summed E-state index contributed by atoms with van der Waals surface area (Å²) in [6.07, 6.45) is 2.11. The Morgan fingerprint density at radius 2 is 1.81 bits per heavy atom. The first kappa shape index (κ1) is 17.7. The van der Waals surface area contributed by atoms with E-state index in [0.29, 0.717) is 5.95 Å². The minimum Gasteiger partial charge on any atom is -0.372 e. The summed E-state index contributed by atoms with van der Waals surface area (Å²) >= 11 is 0. The number of hydrogen-bond donors (Lipinski definition) is 1. The van der Waals surface area contributed by atoms with Crippen molar-refractivity contribution in [2.24, 2.45) is 7.05 Å². The number of morpholine rings is 1. The number of anilines is 3. The fraction of sp³-hybridized carbons (Fsp3) is 0.450. The van der Waals surface area contributed by atoms with E-state index in [-0.39, 0.29) is 12.2 Å². The van der Waals surface area contributed by atoms with Gasteiger partial charge in [0.15, 0.2) is 5.65 Å². The molecule has 2 aromatic heterocycles. The Morgan fingerprint density at radius 1 is 1.07 bits per heavy atom. The molecule has 0 bridgehead atoms. The van der Waals surface area contributed by atoms with Gasteiger partial charge in [-0.3, -0.25) is 4.68 Å². The van der Waals surface area contributed by atoms with Gasteiger partial charge in [0.2, 0.25) is 5.95 Å². The molecule has 0 unspecified atom stereocenters. The average molecular weight is 366 g/mol. The van der Waals surface area contributed by atoms with Gasteiger partial charge in [-0.05, 0) is 51.0 Å². The third kappa shape index (κ3) is 3.47. The molecule has 1 N–H and O–H groups in total. The van der Waals surface area contributed by atoms with E-state index in [1.807, 2.05) is 13.2 Å². The van der Waals surface area contributed by atoms with Crippen LogP contribution in [0, 0.1) is 13.8 Å². The van der Waals surface area contributed by atoms with E-state index in [2.05, 4.69) is 61.2 Å². The van der Waals surface area contributed by atoms with Crippen molar-refractivity contribution in [2.45, 2.75) is 39.9 Å². The maximum Gasteiger partial charge on any atom is 0.229 e. The second-order valence-corrected chi connectivity index (χ2v) is 7.46. The molecular formula is C20H26N6O.